The van der Waals surface area contributed by atoms with Crippen LogP contribution in [0.1, 0.15) is 51.9 Å². The van der Waals surface area contributed by atoms with Crippen molar-refractivity contribution in [1.82, 2.24) is 20.4 Å². The molecule has 2 bridgehead atoms. The summed E-state index contributed by atoms with van der Waals surface area (Å²) in [4.78, 5) is 9.99. The molecule has 2 atom stereocenters. The standard InChI is InChI=1S/C20H39N5O/c1-5-21-19(22-15-20(24(2)3)9-11-26-12-10-20)23-16-13-17-7-6-8-18(14-16)25(17)4/h16-18H,5-15H2,1-4H3,(H2,21,22,23). The Morgan fingerprint density at radius 3 is 2.42 bits per heavy atom. The summed E-state index contributed by atoms with van der Waals surface area (Å²) < 4.78 is 5.59. The van der Waals surface area contributed by atoms with Gasteiger partial charge in [-0.2, -0.15) is 0 Å². The third-order valence-corrected chi connectivity index (χ3v) is 6.93. The zero-order valence-electron chi connectivity index (χ0n) is 17.3. The molecule has 0 aromatic carbocycles. The zero-order valence-corrected chi connectivity index (χ0v) is 17.3. The van der Waals surface area contributed by atoms with Gasteiger partial charge in [0.05, 0.1) is 6.54 Å². The summed E-state index contributed by atoms with van der Waals surface area (Å²) in [5.41, 5.74) is 0.129. The Kier molecular flexibility index (Phi) is 6.81. The minimum Gasteiger partial charge on any atom is -0.381 e. The van der Waals surface area contributed by atoms with E-state index in [1.807, 2.05) is 0 Å². The van der Waals surface area contributed by atoms with Gasteiger partial charge in [0.15, 0.2) is 5.96 Å². The number of rotatable bonds is 5. The van der Waals surface area contributed by atoms with E-state index >= 15 is 0 Å². The lowest BCUT2D eigenvalue weighted by molar-refractivity contribution is -0.00258. The number of guanidine groups is 1. The van der Waals surface area contributed by atoms with Crippen LogP contribution >= 0.6 is 0 Å². The fourth-order valence-corrected chi connectivity index (χ4v) is 4.97. The van der Waals surface area contributed by atoms with Crippen molar-refractivity contribution in [1.29, 1.82) is 0 Å². The second kappa shape index (κ2) is 8.89. The van der Waals surface area contributed by atoms with E-state index in [1.54, 1.807) is 0 Å². The first kappa shape index (κ1) is 19.9. The molecule has 6 heteroatoms. The van der Waals surface area contributed by atoms with E-state index in [9.17, 15) is 0 Å². The highest BCUT2D eigenvalue weighted by atomic mass is 16.5. The van der Waals surface area contributed by atoms with E-state index in [1.165, 1.54) is 32.1 Å². The fraction of sp³-hybridized carbons (Fsp3) is 0.950. The van der Waals surface area contributed by atoms with E-state index in [-0.39, 0.29) is 5.54 Å². The average Bonchev–Trinajstić information content (AvgIpc) is 2.61. The number of nitrogens with zero attached hydrogens (tertiary/aromatic N) is 3. The summed E-state index contributed by atoms with van der Waals surface area (Å²) in [6, 6.07) is 2.03. The maximum Gasteiger partial charge on any atom is 0.191 e. The number of fused-ring (bicyclic) bond motifs is 2. The summed E-state index contributed by atoms with van der Waals surface area (Å²) in [6.07, 6.45) is 8.69. The molecule has 0 aromatic heterocycles. The Labute approximate surface area is 159 Å². The topological polar surface area (TPSA) is 52.1 Å². The van der Waals surface area contributed by atoms with Gasteiger partial charge in [0.1, 0.15) is 0 Å². The molecule has 0 amide bonds. The predicted molar refractivity (Wildman–Crippen MR) is 108 cm³/mol. The van der Waals surface area contributed by atoms with Crippen LogP contribution in [0.2, 0.25) is 0 Å². The van der Waals surface area contributed by atoms with Crippen molar-refractivity contribution in [2.75, 3.05) is 47.4 Å². The summed E-state index contributed by atoms with van der Waals surface area (Å²) in [5, 5.41) is 7.24. The predicted octanol–water partition coefficient (Wildman–Crippen LogP) is 1.67. The van der Waals surface area contributed by atoms with Crippen molar-refractivity contribution in [2.45, 2.75) is 75.5 Å². The van der Waals surface area contributed by atoms with Crippen molar-refractivity contribution in [3.63, 3.8) is 0 Å². The average molecular weight is 366 g/mol. The quantitative estimate of drug-likeness (QED) is 0.573. The van der Waals surface area contributed by atoms with Crippen molar-refractivity contribution in [3.8, 4) is 0 Å². The molecule has 3 rings (SSSR count). The smallest absolute Gasteiger partial charge is 0.191 e. The van der Waals surface area contributed by atoms with Crippen LogP contribution in [0.25, 0.3) is 0 Å². The minimum atomic E-state index is 0.129. The molecule has 2 N–H and O–H groups in total. The SMILES string of the molecule is CCNC(=NCC1(N(C)C)CCOCC1)NC1CC2CCCC(C1)N2C. The van der Waals surface area contributed by atoms with Gasteiger partial charge in [0.25, 0.3) is 0 Å². The molecule has 0 aliphatic carbocycles. The van der Waals surface area contributed by atoms with Gasteiger partial charge in [0, 0.05) is 43.4 Å². The number of piperidine rings is 2. The van der Waals surface area contributed by atoms with Crippen LogP contribution in [0, 0.1) is 0 Å². The van der Waals surface area contributed by atoms with Crippen LogP contribution < -0.4 is 10.6 Å². The lowest BCUT2D eigenvalue weighted by Crippen LogP contribution is -2.57. The number of ether oxygens (including phenoxy) is 1. The van der Waals surface area contributed by atoms with Crippen LogP contribution in [-0.4, -0.2) is 86.9 Å². The molecule has 2 unspecified atom stereocenters. The zero-order chi connectivity index (χ0) is 18.6. The minimum absolute atomic E-state index is 0.129. The summed E-state index contributed by atoms with van der Waals surface area (Å²) in [5.74, 6) is 0.993. The van der Waals surface area contributed by atoms with E-state index in [0.717, 1.165) is 57.2 Å². The number of nitrogens with one attached hydrogen (secondary N) is 2. The van der Waals surface area contributed by atoms with Gasteiger partial charge in [-0.1, -0.05) is 6.42 Å². The molecule has 150 valence electrons. The van der Waals surface area contributed by atoms with Gasteiger partial charge in [-0.25, -0.2) is 0 Å². The fourth-order valence-electron chi connectivity index (χ4n) is 4.97. The van der Waals surface area contributed by atoms with Crippen LogP contribution in [0.4, 0.5) is 0 Å². The molecule has 0 saturated carbocycles. The lowest BCUT2D eigenvalue weighted by atomic mass is 9.82. The monoisotopic (exact) mass is 365 g/mol. The number of likely N-dealkylation sites (N-methyl/N-ethyl adjacent to an activating group) is 1. The summed E-state index contributed by atoms with van der Waals surface area (Å²) in [7, 11) is 6.68. The van der Waals surface area contributed by atoms with Crippen LogP contribution in [-0.2, 0) is 4.74 Å². The largest absolute Gasteiger partial charge is 0.381 e. The number of hydrogen-bond donors (Lipinski definition) is 2. The van der Waals surface area contributed by atoms with Gasteiger partial charge < -0.3 is 25.2 Å². The highest BCUT2D eigenvalue weighted by Crippen LogP contribution is 2.32. The summed E-state index contributed by atoms with van der Waals surface area (Å²) >= 11 is 0. The Morgan fingerprint density at radius 2 is 1.85 bits per heavy atom. The molecule has 0 spiro atoms. The van der Waals surface area contributed by atoms with Crippen LogP contribution in [0.5, 0.6) is 0 Å². The third-order valence-electron chi connectivity index (χ3n) is 6.93. The molecular formula is C20H39N5O. The molecule has 3 aliphatic rings. The molecule has 6 nitrogen and oxygen atoms in total. The number of aliphatic imine (C=N–C) groups is 1. The number of hydrogen-bond acceptors (Lipinski definition) is 4. The molecule has 3 fully saturated rings. The van der Waals surface area contributed by atoms with Crippen molar-refractivity contribution >= 4 is 5.96 Å². The van der Waals surface area contributed by atoms with Crippen molar-refractivity contribution in [2.24, 2.45) is 4.99 Å². The lowest BCUT2D eigenvalue weighted by Gasteiger charge is -2.47. The van der Waals surface area contributed by atoms with Crippen molar-refractivity contribution < 1.29 is 4.74 Å². The summed E-state index contributed by atoms with van der Waals surface area (Å²) in [6.45, 7) is 5.57. The van der Waals surface area contributed by atoms with Gasteiger partial charge in [-0.3, -0.25) is 4.99 Å². The molecule has 3 heterocycles. The Morgan fingerprint density at radius 1 is 1.19 bits per heavy atom. The Hall–Kier alpha value is -0.850. The molecule has 0 radical (unpaired) electrons. The first-order valence-electron chi connectivity index (χ1n) is 10.6. The van der Waals surface area contributed by atoms with Crippen LogP contribution in [0.15, 0.2) is 4.99 Å². The normalized spacial score (nSPS) is 32.5. The highest BCUT2D eigenvalue weighted by Gasteiger charge is 2.37. The second-order valence-electron chi connectivity index (χ2n) is 8.64. The second-order valence-corrected chi connectivity index (χ2v) is 8.64. The Bertz CT molecular complexity index is 461. The van der Waals surface area contributed by atoms with E-state index < -0.39 is 0 Å². The molecule has 0 aromatic rings. The van der Waals surface area contributed by atoms with E-state index in [2.05, 4.69) is 48.5 Å². The third kappa shape index (κ3) is 4.52. The first-order chi connectivity index (χ1) is 12.5. The molecular weight excluding hydrogens is 326 g/mol. The first-order valence-corrected chi connectivity index (χ1v) is 10.6. The van der Waals surface area contributed by atoms with E-state index in [0.29, 0.717) is 6.04 Å². The molecule has 3 aliphatic heterocycles. The van der Waals surface area contributed by atoms with Gasteiger partial charge in [-0.15, -0.1) is 0 Å². The van der Waals surface area contributed by atoms with E-state index in [4.69, 9.17) is 9.73 Å². The maximum atomic E-state index is 5.59. The van der Waals surface area contributed by atoms with Gasteiger partial charge >= 0.3 is 0 Å². The van der Waals surface area contributed by atoms with Crippen molar-refractivity contribution in [3.05, 3.63) is 0 Å². The van der Waals surface area contributed by atoms with Gasteiger partial charge in [-0.05, 0) is 66.6 Å². The Balaban J connectivity index is 1.63. The molecule has 3 saturated heterocycles. The highest BCUT2D eigenvalue weighted by molar-refractivity contribution is 5.80. The molecule has 26 heavy (non-hydrogen) atoms. The maximum absolute atomic E-state index is 5.59. The van der Waals surface area contributed by atoms with Crippen LogP contribution in [0.3, 0.4) is 0 Å². The van der Waals surface area contributed by atoms with Gasteiger partial charge in [0.2, 0.25) is 0 Å².